The van der Waals surface area contributed by atoms with Crippen molar-refractivity contribution in [1.29, 1.82) is 0 Å². The van der Waals surface area contributed by atoms with Gasteiger partial charge in [0, 0.05) is 37.5 Å². The molecule has 0 unspecified atom stereocenters. The maximum absolute atomic E-state index is 13.1. The first-order chi connectivity index (χ1) is 18.2. The Morgan fingerprint density at radius 3 is 2.74 bits per heavy atom. The number of pyridine rings is 1. The van der Waals surface area contributed by atoms with Crippen molar-refractivity contribution in [3.63, 3.8) is 0 Å². The molecule has 38 heavy (non-hydrogen) atoms. The average Bonchev–Trinajstić information content (AvgIpc) is 3.13. The van der Waals surface area contributed by atoms with Gasteiger partial charge in [-0.15, -0.1) is 0 Å². The Kier molecular flexibility index (Phi) is 9.05. The first-order valence-electron chi connectivity index (χ1n) is 12.0. The molecule has 3 aromatic rings. The van der Waals surface area contributed by atoms with Crippen LogP contribution in [0.25, 0.3) is 0 Å². The van der Waals surface area contributed by atoms with Crippen LogP contribution in [0.5, 0.6) is 17.2 Å². The fraction of sp³-hybridized carbons (Fsp3) is 0.308. The molecule has 0 saturated carbocycles. The molecule has 1 fully saturated rings. The number of para-hydroxylation sites is 1. The largest absolute Gasteiger partial charge is 0.492 e. The van der Waals surface area contributed by atoms with Crippen LogP contribution in [0.2, 0.25) is 5.02 Å². The smallest absolute Gasteiger partial charge is 0.255 e. The highest BCUT2D eigenvalue weighted by atomic mass is 35.5. The lowest BCUT2D eigenvalue weighted by atomic mass is 10.2. The first kappa shape index (κ1) is 27.6. The van der Waals surface area contributed by atoms with Gasteiger partial charge in [0.1, 0.15) is 11.5 Å². The summed E-state index contributed by atoms with van der Waals surface area (Å²) in [6, 6.07) is 13.0. The molecule has 0 radical (unpaired) electrons. The average molecular weight is 560 g/mol. The van der Waals surface area contributed by atoms with Crippen LogP contribution >= 0.6 is 11.6 Å². The van der Waals surface area contributed by atoms with Gasteiger partial charge in [-0.3, -0.25) is 19.4 Å². The lowest BCUT2D eigenvalue weighted by Gasteiger charge is -2.19. The number of carbonyl (C=O) groups is 1. The Morgan fingerprint density at radius 2 is 1.95 bits per heavy atom. The molecule has 2 aromatic carbocycles. The molecule has 0 spiro atoms. The topological polar surface area (TPSA) is 122 Å². The highest BCUT2D eigenvalue weighted by Crippen LogP contribution is 2.35. The van der Waals surface area contributed by atoms with Gasteiger partial charge in [-0.2, -0.15) is 0 Å². The number of hydrogen-bond acceptors (Lipinski definition) is 8. The van der Waals surface area contributed by atoms with Crippen molar-refractivity contribution in [3.8, 4) is 17.2 Å². The van der Waals surface area contributed by atoms with Gasteiger partial charge in [-0.25, -0.2) is 8.42 Å². The molecule has 0 bridgehead atoms. The summed E-state index contributed by atoms with van der Waals surface area (Å²) in [5, 5.41) is 6.49. The molecular weight excluding hydrogens is 530 g/mol. The van der Waals surface area contributed by atoms with Gasteiger partial charge in [0.05, 0.1) is 35.5 Å². The number of benzene rings is 2. The molecule has 1 aliphatic rings. The van der Waals surface area contributed by atoms with Crippen molar-refractivity contribution >= 4 is 38.9 Å². The van der Waals surface area contributed by atoms with E-state index in [1.54, 1.807) is 42.6 Å². The molecule has 10 nitrogen and oxygen atoms in total. The number of amides is 1. The van der Waals surface area contributed by atoms with Crippen LogP contribution in [0.15, 0.2) is 54.7 Å². The van der Waals surface area contributed by atoms with E-state index in [9.17, 15) is 13.2 Å². The maximum Gasteiger partial charge on any atom is 0.255 e. The molecule has 202 valence electrons. The Hall–Kier alpha value is -3.38. The number of methoxy groups -OCH3 is 1. The van der Waals surface area contributed by atoms with Crippen molar-refractivity contribution in [2.24, 2.45) is 0 Å². The molecule has 1 aliphatic heterocycles. The zero-order chi connectivity index (χ0) is 27.1. The van der Waals surface area contributed by atoms with E-state index >= 15 is 0 Å². The van der Waals surface area contributed by atoms with E-state index in [1.807, 2.05) is 6.07 Å². The highest BCUT2D eigenvalue weighted by molar-refractivity contribution is 7.92. The number of halogens is 1. The van der Waals surface area contributed by atoms with E-state index in [4.69, 9.17) is 21.1 Å². The number of rotatable bonds is 9. The monoisotopic (exact) mass is 559 g/mol. The molecule has 1 aromatic heterocycles. The van der Waals surface area contributed by atoms with Crippen LogP contribution in [0.1, 0.15) is 22.5 Å². The number of ether oxygens (including phenoxy) is 2. The van der Waals surface area contributed by atoms with Crippen molar-refractivity contribution < 1.29 is 22.7 Å². The lowest BCUT2D eigenvalue weighted by Crippen LogP contribution is -2.27. The second kappa shape index (κ2) is 12.4. The Bertz CT molecular complexity index is 1390. The standard InChI is InChI=1S/C26H30ClN5O5S/c1-36-25-22(5-3-6-23(25)31-38(2,34)35)30-26(33)18-7-8-21(27)24(15-18)37-20-9-11-29-19(16-20)17-32-13-4-10-28-12-14-32/h3,5-9,11,15-16,28,31H,4,10,12-14,17H2,1-2H3,(H,30,33). The zero-order valence-electron chi connectivity index (χ0n) is 21.2. The van der Waals surface area contributed by atoms with Crippen LogP contribution in [-0.4, -0.2) is 63.8 Å². The Balaban J connectivity index is 1.50. The van der Waals surface area contributed by atoms with E-state index < -0.39 is 15.9 Å². The number of carbonyl (C=O) groups excluding carboxylic acids is 1. The molecule has 12 heteroatoms. The van der Waals surface area contributed by atoms with Crippen molar-refractivity contribution in [3.05, 3.63) is 71.0 Å². The van der Waals surface area contributed by atoms with E-state index in [0.29, 0.717) is 34.3 Å². The minimum Gasteiger partial charge on any atom is -0.492 e. The number of sulfonamides is 1. The van der Waals surface area contributed by atoms with E-state index in [1.165, 1.54) is 13.2 Å². The fourth-order valence-corrected chi connectivity index (χ4v) is 4.79. The minimum atomic E-state index is -3.54. The Morgan fingerprint density at radius 1 is 1.13 bits per heavy atom. The van der Waals surface area contributed by atoms with E-state index in [-0.39, 0.29) is 11.4 Å². The third-order valence-corrected chi connectivity index (χ3v) is 6.69. The van der Waals surface area contributed by atoms with Gasteiger partial charge in [0.2, 0.25) is 10.0 Å². The molecular formula is C26H30ClN5O5S. The van der Waals surface area contributed by atoms with Crippen molar-refractivity contribution in [2.75, 3.05) is 49.6 Å². The normalized spacial score (nSPS) is 14.4. The summed E-state index contributed by atoms with van der Waals surface area (Å²) >= 11 is 6.38. The summed E-state index contributed by atoms with van der Waals surface area (Å²) in [7, 11) is -2.16. The molecule has 3 N–H and O–H groups in total. The number of hydrogen-bond donors (Lipinski definition) is 3. The van der Waals surface area contributed by atoms with Crippen LogP contribution in [0.3, 0.4) is 0 Å². The molecule has 4 rings (SSSR count). The minimum absolute atomic E-state index is 0.182. The van der Waals surface area contributed by atoms with Gasteiger partial charge in [-0.05, 0) is 55.9 Å². The Labute approximate surface area is 227 Å². The molecule has 1 amide bonds. The van der Waals surface area contributed by atoms with Gasteiger partial charge >= 0.3 is 0 Å². The predicted molar refractivity (Wildman–Crippen MR) is 148 cm³/mol. The predicted octanol–water partition coefficient (Wildman–Crippen LogP) is 3.96. The number of anilines is 2. The van der Waals surface area contributed by atoms with E-state index in [0.717, 1.165) is 44.5 Å². The van der Waals surface area contributed by atoms with Crippen LogP contribution in [0.4, 0.5) is 11.4 Å². The summed E-state index contributed by atoms with van der Waals surface area (Å²) in [6.07, 6.45) is 3.81. The highest BCUT2D eigenvalue weighted by Gasteiger charge is 2.17. The number of nitrogens with one attached hydrogen (secondary N) is 3. The van der Waals surface area contributed by atoms with Gasteiger partial charge in [0.15, 0.2) is 5.75 Å². The number of nitrogens with zero attached hydrogens (tertiary/aromatic N) is 2. The molecule has 0 aliphatic carbocycles. The lowest BCUT2D eigenvalue weighted by molar-refractivity contribution is 0.102. The van der Waals surface area contributed by atoms with Gasteiger partial charge in [-0.1, -0.05) is 17.7 Å². The summed E-state index contributed by atoms with van der Waals surface area (Å²) in [6.45, 7) is 4.63. The van der Waals surface area contributed by atoms with Crippen LogP contribution in [-0.2, 0) is 16.6 Å². The fourth-order valence-electron chi connectivity index (χ4n) is 4.07. The van der Waals surface area contributed by atoms with Crippen molar-refractivity contribution in [1.82, 2.24) is 15.2 Å². The van der Waals surface area contributed by atoms with Gasteiger partial charge < -0.3 is 20.1 Å². The summed E-state index contributed by atoms with van der Waals surface area (Å²) < 4.78 is 37.1. The second-order valence-corrected chi connectivity index (χ2v) is 11.0. The third-order valence-electron chi connectivity index (χ3n) is 5.79. The quantitative estimate of drug-likeness (QED) is 0.360. The van der Waals surface area contributed by atoms with Crippen LogP contribution in [0, 0.1) is 0 Å². The first-order valence-corrected chi connectivity index (χ1v) is 14.3. The zero-order valence-corrected chi connectivity index (χ0v) is 22.7. The number of aromatic nitrogens is 1. The van der Waals surface area contributed by atoms with Gasteiger partial charge in [0.25, 0.3) is 5.91 Å². The molecule has 0 atom stereocenters. The second-order valence-electron chi connectivity index (χ2n) is 8.82. The summed E-state index contributed by atoms with van der Waals surface area (Å²) in [5.41, 5.74) is 1.67. The maximum atomic E-state index is 13.1. The SMILES string of the molecule is COc1c(NC(=O)c2ccc(Cl)c(Oc3ccnc(CN4CCCNCC4)c3)c2)cccc1NS(C)(=O)=O. The van der Waals surface area contributed by atoms with Crippen LogP contribution < -0.4 is 24.8 Å². The molecule has 1 saturated heterocycles. The molecule has 2 heterocycles. The third kappa shape index (κ3) is 7.57. The summed E-state index contributed by atoms with van der Waals surface area (Å²) in [5.74, 6) is 0.603. The summed E-state index contributed by atoms with van der Waals surface area (Å²) in [4.78, 5) is 19.9. The van der Waals surface area contributed by atoms with E-state index in [2.05, 4.69) is 25.2 Å². The van der Waals surface area contributed by atoms with Crippen molar-refractivity contribution in [2.45, 2.75) is 13.0 Å².